The first-order valence-corrected chi connectivity index (χ1v) is 3.13. The molecule has 1 heterocycles. The van der Waals surface area contributed by atoms with Crippen LogP contribution in [-0.4, -0.2) is 5.97 Å². The van der Waals surface area contributed by atoms with Gasteiger partial charge in [0.25, 0.3) is 0 Å². The fourth-order valence-corrected chi connectivity index (χ4v) is 1.07. The predicted molar refractivity (Wildman–Crippen MR) is 45.9 cm³/mol. The van der Waals surface area contributed by atoms with Crippen LogP contribution in [0.2, 0.25) is 0 Å². The van der Waals surface area contributed by atoms with Gasteiger partial charge in [-0.05, 0) is 6.07 Å². The summed E-state index contributed by atoms with van der Waals surface area (Å²) in [5, 5.41) is 0. The minimum atomic E-state index is -0.199. The van der Waals surface area contributed by atoms with Crippen LogP contribution < -0.4 is 0 Å². The summed E-state index contributed by atoms with van der Waals surface area (Å²) >= 11 is 0. The number of esters is 1. The van der Waals surface area contributed by atoms with Crippen LogP contribution >= 0.6 is 13.5 Å². The summed E-state index contributed by atoms with van der Waals surface area (Å²) in [6.45, 7) is 0.439. The van der Waals surface area contributed by atoms with Crippen molar-refractivity contribution in [3.05, 3.63) is 35.4 Å². The van der Waals surface area contributed by atoms with E-state index in [1.807, 2.05) is 18.2 Å². The lowest BCUT2D eigenvalue weighted by atomic mass is 10.1. The van der Waals surface area contributed by atoms with E-state index in [9.17, 15) is 4.79 Å². The lowest BCUT2D eigenvalue weighted by Crippen LogP contribution is -1.91. The molecule has 1 aromatic carbocycles. The number of hydrogen-bond acceptors (Lipinski definition) is 2. The predicted octanol–water partition coefficient (Wildman–Crippen LogP) is 1.47. The van der Waals surface area contributed by atoms with Crippen LogP contribution in [-0.2, 0) is 11.3 Å². The molecule has 0 aromatic heterocycles. The molecule has 11 heavy (non-hydrogen) atoms. The number of ether oxygens (including phenoxy) is 1. The van der Waals surface area contributed by atoms with E-state index in [4.69, 9.17) is 4.74 Å². The number of cyclic esters (lactones) is 1. The van der Waals surface area contributed by atoms with Gasteiger partial charge in [0.15, 0.2) is 0 Å². The molecule has 3 heteroatoms. The van der Waals surface area contributed by atoms with Crippen molar-refractivity contribution in [2.45, 2.75) is 6.61 Å². The van der Waals surface area contributed by atoms with E-state index in [1.54, 1.807) is 6.07 Å². The fourth-order valence-electron chi connectivity index (χ4n) is 1.07. The second kappa shape index (κ2) is 2.96. The maximum atomic E-state index is 10.8. The van der Waals surface area contributed by atoms with Gasteiger partial charge in [0, 0.05) is 5.56 Å². The van der Waals surface area contributed by atoms with Crippen LogP contribution in [0.5, 0.6) is 0 Å². The summed E-state index contributed by atoms with van der Waals surface area (Å²) in [4.78, 5) is 10.8. The Morgan fingerprint density at radius 3 is 2.73 bits per heavy atom. The standard InChI is InChI=1S/C8H6O2.H2S/c9-8-7-4-2-1-3-6(7)5-10-8;/h1-4H,5H2;1H2. The Labute approximate surface area is 71.6 Å². The van der Waals surface area contributed by atoms with Gasteiger partial charge in [-0.2, -0.15) is 13.5 Å². The molecule has 2 rings (SSSR count). The van der Waals surface area contributed by atoms with E-state index >= 15 is 0 Å². The molecule has 0 unspecified atom stereocenters. The quantitative estimate of drug-likeness (QED) is 0.548. The van der Waals surface area contributed by atoms with Gasteiger partial charge in [-0.25, -0.2) is 4.79 Å². The van der Waals surface area contributed by atoms with Crippen molar-refractivity contribution in [2.75, 3.05) is 0 Å². The molecule has 2 nitrogen and oxygen atoms in total. The summed E-state index contributed by atoms with van der Waals surface area (Å²) in [5.74, 6) is -0.199. The molecule has 0 saturated carbocycles. The third-order valence-electron chi connectivity index (χ3n) is 1.60. The Kier molecular flexibility index (Phi) is 2.19. The molecule has 1 aliphatic rings. The second-order valence-corrected chi connectivity index (χ2v) is 2.23. The Hall–Kier alpha value is -0.960. The monoisotopic (exact) mass is 168 g/mol. The molecule has 0 atom stereocenters. The van der Waals surface area contributed by atoms with Crippen LogP contribution in [0.3, 0.4) is 0 Å². The fraction of sp³-hybridized carbons (Fsp3) is 0.125. The van der Waals surface area contributed by atoms with Gasteiger partial charge in [-0.15, -0.1) is 0 Å². The van der Waals surface area contributed by atoms with Crippen molar-refractivity contribution in [3.8, 4) is 0 Å². The highest BCUT2D eigenvalue weighted by Gasteiger charge is 2.18. The van der Waals surface area contributed by atoms with Crippen LogP contribution in [0.1, 0.15) is 15.9 Å². The van der Waals surface area contributed by atoms with E-state index < -0.39 is 0 Å². The molecular weight excluding hydrogens is 160 g/mol. The second-order valence-electron chi connectivity index (χ2n) is 2.23. The zero-order valence-electron chi connectivity index (χ0n) is 5.83. The molecule has 0 bridgehead atoms. The third kappa shape index (κ3) is 1.24. The van der Waals surface area contributed by atoms with Crippen molar-refractivity contribution in [1.29, 1.82) is 0 Å². The summed E-state index contributed by atoms with van der Waals surface area (Å²) < 4.78 is 4.78. The minimum absolute atomic E-state index is 0. The molecular formula is C8H8O2S. The number of fused-ring (bicyclic) bond motifs is 1. The number of benzene rings is 1. The van der Waals surface area contributed by atoms with Gasteiger partial charge in [0.05, 0.1) is 5.56 Å². The van der Waals surface area contributed by atoms with Gasteiger partial charge in [0.1, 0.15) is 6.61 Å². The Morgan fingerprint density at radius 2 is 2.00 bits per heavy atom. The molecule has 0 fully saturated rings. The van der Waals surface area contributed by atoms with Crippen molar-refractivity contribution < 1.29 is 9.53 Å². The van der Waals surface area contributed by atoms with E-state index in [-0.39, 0.29) is 19.5 Å². The lowest BCUT2D eigenvalue weighted by Gasteiger charge is -1.87. The number of hydrogen-bond donors (Lipinski definition) is 0. The molecule has 1 aromatic rings. The Bertz CT molecular complexity index is 283. The average Bonchev–Trinajstić information content (AvgIpc) is 2.34. The van der Waals surface area contributed by atoms with Crippen LogP contribution in [0, 0.1) is 0 Å². The van der Waals surface area contributed by atoms with Gasteiger partial charge in [-0.3, -0.25) is 0 Å². The van der Waals surface area contributed by atoms with Crippen molar-refractivity contribution in [1.82, 2.24) is 0 Å². The van der Waals surface area contributed by atoms with Crippen molar-refractivity contribution >= 4 is 19.5 Å². The highest BCUT2D eigenvalue weighted by atomic mass is 32.1. The molecule has 0 amide bonds. The van der Waals surface area contributed by atoms with E-state index in [1.165, 1.54) is 0 Å². The highest BCUT2D eigenvalue weighted by Crippen LogP contribution is 2.17. The van der Waals surface area contributed by atoms with E-state index in [0.29, 0.717) is 12.2 Å². The van der Waals surface area contributed by atoms with Gasteiger partial charge in [0.2, 0.25) is 0 Å². The Morgan fingerprint density at radius 1 is 1.27 bits per heavy atom. The highest BCUT2D eigenvalue weighted by molar-refractivity contribution is 7.59. The molecule has 0 N–H and O–H groups in total. The minimum Gasteiger partial charge on any atom is -0.457 e. The van der Waals surface area contributed by atoms with Crippen LogP contribution in [0.15, 0.2) is 24.3 Å². The summed E-state index contributed by atoms with van der Waals surface area (Å²) in [7, 11) is 0. The van der Waals surface area contributed by atoms with E-state index in [0.717, 1.165) is 5.56 Å². The normalized spacial score (nSPS) is 13.3. The number of carbonyl (C=O) groups excluding carboxylic acids is 1. The smallest absolute Gasteiger partial charge is 0.338 e. The largest absolute Gasteiger partial charge is 0.457 e. The molecule has 0 saturated heterocycles. The van der Waals surface area contributed by atoms with Gasteiger partial charge in [-0.1, -0.05) is 18.2 Å². The van der Waals surface area contributed by atoms with Crippen molar-refractivity contribution in [3.63, 3.8) is 0 Å². The maximum Gasteiger partial charge on any atom is 0.338 e. The number of rotatable bonds is 0. The summed E-state index contributed by atoms with van der Waals surface area (Å²) in [6, 6.07) is 7.43. The zero-order valence-corrected chi connectivity index (χ0v) is 6.83. The van der Waals surface area contributed by atoms with E-state index in [2.05, 4.69) is 0 Å². The first-order valence-electron chi connectivity index (χ1n) is 3.13. The maximum absolute atomic E-state index is 10.8. The molecule has 0 spiro atoms. The lowest BCUT2D eigenvalue weighted by molar-refractivity contribution is 0.0535. The van der Waals surface area contributed by atoms with Crippen molar-refractivity contribution in [2.24, 2.45) is 0 Å². The summed E-state index contributed by atoms with van der Waals surface area (Å²) in [5.41, 5.74) is 1.70. The first-order chi connectivity index (χ1) is 4.88. The average molecular weight is 168 g/mol. The Balaban J connectivity index is 0.000000605. The van der Waals surface area contributed by atoms with Gasteiger partial charge >= 0.3 is 5.97 Å². The molecule has 0 radical (unpaired) electrons. The molecule has 0 aliphatic carbocycles. The van der Waals surface area contributed by atoms with Gasteiger partial charge < -0.3 is 4.74 Å². The molecule has 1 aliphatic heterocycles. The third-order valence-corrected chi connectivity index (χ3v) is 1.60. The first kappa shape index (κ1) is 8.14. The van der Waals surface area contributed by atoms with Crippen LogP contribution in [0.25, 0.3) is 0 Å². The summed E-state index contributed by atoms with van der Waals surface area (Å²) in [6.07, 6.45) is 0. The number of carbonyl (C=O) groups is 1. The topological polar surface area (TPSA) is 26.3 Å². The van der Waals surface area contributed by atoms with Crippen LogP contribution in [0.4, 0.5) is 0 Å². The SMILES string of the molecule is O=C1OCc2ccccc21.S. The molecule has 58 valence electrons. The zero-order chi connectivity index (χ0) is 6.97.